The Morgan fingerprint density at radius 3 is 2.04 bits per heavy atom. The normalized spacial score (nSPS) is 13.4. The van der Waals surface area contributed by atoms with E-state index in [1.54, 1.807) is 49.4 Å². The van der Waals surface area contributed by atoms with E-state index >= 15 is 0 Å². The van der Waals surface area contributed by atoms with Crippen molar-refractivity contribution in [1.82, 2.24) is 4.72 Å². The lowest BCUT2D eigenvalue weighted by Crippen LogP contribution is -2.33. The van der Waals surface area contributed by atoms with Crippen LogP contribution in [0.3, 0.4) is 0 Å². The topological polar surface area (TPSA) is 75.6 Å². The second kappa shape index (κ2) is 7.19. The van der Waals surface area contributed by atoms with Crippen LogP contribution in [0.25, 0.3) is 0 Å². The number of benzene rings is 2. The van der Waals surface area contributed by atoms with Crippen LogP contribution in [-0.2, 0) is 14.8 Å². The van der Waals surface area contributed by atoms with E-state index in [0.717, 1.165) is 0 Å². The van der Waals surface area contributed by atoms with Crippen molar-refractivity contribution in [2.24, 2.45) is 4.99 Å². The van der Waals surface area contributed by atoms with Crippen molar-refractivity contribution >= 4 is 21.6 Å². The third kappa shape index (κ3) is 4.50. The second-order valence-corrected chi connectivity index (χ2v) is 6.73. The molecular formula is C17H18N2O3S. The zero-order valence-corrected chi connectivity index (χ0v) is 13.7. The summed E-state index contributed by atoms with van der Waals surface area (Å²) >= 11 is 0. The standard InChI is InChI=1S/C17H18N2O3S/c1-13(14(2)20)18-17(15-9-5-3-6-10-15)19-23(21,22)16-11-7-4-8-12-16/h3-13H,1-2H3,(H,18,19)/t13-/m1/s1. The molecule has 0 aliphatic carbocycles. The van der Waals surface area contributed by atoms with Crippen LogP contribution in [0.2, 0.25) is 0 Å². The van der Waals surface area contributed by atoms with Crippen LogP contribution in [0.4, 0.5) is 0 Å². The van der Waals surface area contributed by atoms with Crippen LogP contribution in [0, 0.1) is 0 Å². The fraction of sp³-hybridized carbons (Fsp3) is 0.176. The molecule has 0 bridgehead atoms. The molecule has 0 saturated heterocycles. The Bertz CT molecular complexity index is 800. The van der Waals surface area contributed by atoms with Crippen molar-refractivity contribution < 1.29 is 13.2 Å². The quantitative estimate of drug-likeness (QED) is 0.675. The van der Waals surface area contributed by atoms with Gasteiger partial charge in [0.2, 0.25) is 0 Å². The SMILES string of the molecule is CC(=O)[C@@H](C)N=C(NS(=O)(=O)c1ccccc1)c1ccccc1. The van der Waals surface area contributed by atoms with Crippen LogP contribution in [0.5, 0.6) is 0 Å². The predicted molar refractivity (Wildman–Crippen MR) is 89.9 cm³/mol. The smallest absolute Gasteiger partial charge is 0.263 e. The van der Waals surface area contributed by atoms with Crippen LogP contribution in [0.15, 0.2) is 70.6 Å². The number of carbonyl (C=O) groups is 1. The molecule has 23 heavy (non-hydrogen) atoms. The van der Waals surface area contributed by atoms with Gasteiger partial charge in [-0.15, -0.1) is 0 Å². The Kier molecular flexibility index (Phi) is 5.28. The molecule has 1 atom stereocenters. The lowest BCUT2D eigenvalue weighted by atomic mass is 10.2. The van der Waals surface area contributed by atoms with Crippen molar-refractivity contribution in [3.05, 3.63) is 66.2 Å². The first kappa shape index (κ1) is 16.9. The van der Waals surface area contributed by atoms with Gasteiger partial charge in [-0.25, -0.2) is 8.42 Å². The van der Waals surface area contributed by atoms with Crippen molar-refractivity contribution in [2.75, 3.05) is 0 Å². The lowest BCUT2D eigenvalue weighted by molar-refractivity contribution is -0.117. The summed E-state index contributed by atoms with van der Waals surface area (Å²) in [7, 11) is -3.77. The Hall–Kier alpha value is -2.47. The summed E-state index contributed by atoms with van der Waals surface area (Å²) in [4.78, 5) is 15.8. The van der Waals surface area contributed by atoms with Crippen molar-refractivity contribution in [1.29, 1.82) is 0 Å². The van der Waals surface area contributed by atoms with Gasteiger partial charge in [-0.05, 0) is 26.0 Å². The molecule has 6 heteroatoms. The van der Waals surface area contributed by atoms with Crippen LogP contribution in [0.1, 0.15) is 19.4 Å². The maximum Gasteiger partial charge on any atom is 0.263 e. The number of nitrogens with one attached hydrogen (secondary N) is 1. The molecule has 0 aliphatic heterocycles. The van der Waals surface area contributed by atoms with Gasteiger partial charge in [0, 0.05) is 5.56 Å². The monoisotopic (exact) mass is 330 g/mol. The van der Waals surface area contributed by atoms with Crippen molar-refractivity contribution in [3.63, 3.8) is 0 Å². The molecule has 0 saturated carbocycles. The van der Waals surface area contributed by atoms with E-state index in [-0.39, 0.29) is 16.5 Å². The molecule has 2 aromatic rings. The van der Waals surface area contributed by atoms with E-state index < -0.39 is 16.1 Å². The van der Waals surface area contributed by atoms with Gasteiger partial charge in [0.15, 0.2) is 5.78 Å². The van der Waals surface area contributed by atoms with Gasteiger partial charge in [0.05, 0.1) is 4.90 Å². The van der Waals surface area contributed by atoms with E-state index in [4.69, 9.17) is 0 Å². The number of hydrogen-bond donors (Lipinski definition) is 1. The molecule has 0 radical (unpaired) electrons. The van der Waals surface area contributed by atoms with Gasteiger partial charge >= 0.3 is 0 Å². The second-order valence-electron chi connectivity index (χ2n) is 5.05. The summed E-state index contributed by atoms with van der Waals surface area (Å²) in [6.07, 6.45) is 0. The molecule has 0 aromatic heterocycles. The Labute approximate surface area is 136 Å². The minimum absolute atomic E-state index is 0.138. The summed E-state index contributed by atoms with van der Waals surface area (Å²) in [6.45, 7) is 3.05. The summed E-state index contributed by atoms with van der Waals surface area (Å²) in [5, 5.41) is 0. The number of rotatable bonds is 5. The molecule has 0 aliphatic rings. The maximum absolute atomic E-state index is 12.5. The summed E-state index contributed by atoms with van der Waals surface area (Å²) < 4.78 is 27.5. The minimum atomic E-state index is -3.77. The fourth-order valence-corrected chi connectivity index (χ4v) is 2.88. The number of ketones is 1. The van der Waals surface area contributed by atoms with E-state index in [1.165, 1.54) is 19.1 Å². The van der Waals surface area contributed by atoms with Gasteiger partial charge in [0.1, 0.15) is 11.9 Å². The number of aliphatic imine (C=N–C) groups is 1. The number of carbonyl (C=O) groups excluding carboxylic acids is 1. The van der Waals surface area contributed by atoms with Crippen LogP contribution < -0.4 is 4.72 Å². The van der Waals surface area contributed by atoms with E-state index in [2.05, 4.69) is 9.71 Å². The molecule has 0 spiro atoms. The van der Waals surface area contributed by atoms with Crippen LogP contribution >= 0.6 is 0 Å². The third-order valence-corrected chi connectivity index (χ3v) is 4.60. The zero-order valence-electron chi connectivity index (χ0n) is 12.9. The largest absolute Gasteiger partial charge is 0.298 e. The highest BCUT2D eigenvalue weighted by molar-refractivity contribution is 7.90. The van der Waals surface area contributed by atoms with Crippen LogP contribution in [-0.4, -0.2) is 26.1 Å². The average molecular weight is 330 g/mol. The number of hydrogen-bond acceptors (Lipinski definition) is 4. The van der Waals surface area contributed by atoms with E-state index in [1.807, 2.05) is 6.07 Å². The van der Waals surface area contributed by atoms with Gasteiger partial charge in [-0.1, -0.05) is 48.5 Å². The van der Waals surface area contributed by atoms with Gasteiger partial charge < -0.3 is 0 Å². The molecule has 0 amide bonds. The molecular weight excluding hydrogens is 312 g/mol. The molecule has 0 heterocycles. The highest BCUT2D eigenvalue weighted by Crippen LogP contribution is 2.10. The van der Waals surface area contributed by atoms with E-state index in [9.17, 15) is 13.2 Å². The third-order valence-electron chi connectivity index (χ3n) is 3.24. The molecule has 0 unspecified atom stereocenters. The molecule has 2 aromatic carbocycles. The molecule has 1 N–H and O–H groups in total. The summed E-state index contributed by atoms with van der Waals surface area (Å²) in [6, 6.07) is 16.2. The number of sulfonamides is 1. The first-order valence-electron chi connectivity index (χ1n) is 7.11. The average Bonchev–Trinajstić information content (AvgIpc) is 2.55. The first-order valence-corrected chi connectivity index (χ1v) is 8.60. The Morgan fingerprint density at radius 1 is 1.00 bits per heavy atom. The number of nitrogens with zero attached hydrogens (tertiary/aromatic N) is 1. The number of amidine groups is 1. The van der Waals surface area contributed by atoms with Gasteiger partial charge in [-0.3, -0.25) is 14.5 Å². The predicted octanol–water partition coefficient (Wildman–Crippen LogP) is 2.39. The van der Waals surface area contributed by atoms with Crippen molar-refractivity contribution in [3.8, 4) is 0 Å². The molecule has 5 nitrogen and oxygen atoms in total. The Morgan fingerprint density at radius 2 is 1.52 bits per heavy atom. The summed E-state index contributed by atoms with van der Waals surface area (Å²) in [5.41, 5.74) is 0.597. The summed E-state index contributed by atoms with van der Waals surface area (Å²) in [5.74, 6) is 0.00879. The molecule has 0 fully saturated rings. The highest BCUT2D eigenvalue weighted by atomic mass is 32.2. The fourth-order valence-electron chi connectivity index (χ4n) is 1.83. The maximum atomic E-state index is 12.5. The molecule has 120 valence electrons. The minimum Gasteiger partial charge on any atom is -0.298 e. The number of Topliss-reactive ketones (excluding diaryl/α,β-unsaturated/α-hetero) is 1. The van der Waals surface area contributed by atoms with Gasteiger partial charge in [0.25, 0.3) is 10.0 Å². The van der Waals surface area contributed by atoms with Gasteiger partial charge in [-0.2, -0.15) is 0 Å². The first-order chi connectivity index (χ1) is 10.9. The highest BCUT2D eigenvalue weighted by Gasteiger charge is 2.18. The lowest BCUT2D eigenvalue weighted by Gasteiger charge is -2.13. The Balaban J connectivity index is 2.41. The van der Waals surface area contributed by atoms with E-state index in [0.29, 0.717) is 5.56 Å². The zero-order chi connectivity index (χ0) is 16.9. The van der Waals surface area contributed by atoms with Crippen molar-refractivity contribution in [2.45, 2.75) is 24.8 Å². The molecule has 2 rings (SSSR count).